The number of nitrogens with zero attached hydrogens (tertiary/aromatic N) is 1. The van der Waals surface area contributed by atoms with Gasteiger partial charge >= 0.3 is 0 Å². The van der Waals surface area contributed by atoms with E-state index < -0.39 is 17.6 Å². The Morgan fingerprint density at radius 2 is 1.89 bits per heavy atom. The number of carbonyl (C=O) groups is 2. The number of amides is 2. The number of hydrogen-bond acceptors (Lipinski definition) is 2. The normalized spacial score (nSPS) is 18.9. The molecule has 0 aromatic heterocycles. The van der Waals surface area contributed by atoms with Gasteiger partial charge in [-0.3, -0.25) is 9.59 Å². The Kier molecular flexibility index (Phi) is 6.39. The molecule has 1 N–H and O–H groups in total. The Morgan fingerprint density at radius 1 is 1.11 bits per heavy atom. The van der Waals surface area contributed by atoms with E-state index in [0.29, 0.717) is 12.1 Å². The van der Waals surface area contributed by atoms with Crippen molar-refractivity contribution in [2.45, 2.75) is 25.7 Å². The number of likely N-dealkylation sites (tertiary alicyclic amines) is 1. The smallest absolute Gasteiger partial charge is 0.256 e. The zero-order valence-corrected chi connectivity index (χ0v) is 15.8. The molecule has 1 aliphatic heterocycles. The summed E-state index contributed by atoms with van der Waals surface area (Å²) in [5.74, 6) is -2.44. The molecule has 1 aliphatic rings. The molecule has 2 aromatic rings. The molecule has 6 heteroatoms. The highest BCUT2D eigenvalue weighted by molar-refractivity contribution is 5.95. The van der Waals surface area contributed by atoms with Crippen LogP contribution >= 0.6 is 0 Å². The zero-order valence-electron chi connectivity index (χ0n) is 15.8. The van der Waals surface area contributed by atoms with E-state index in [9.17, 15) is 18.4 Å². The molecule has 2 aromatic carbocycles. The van der Waals surface area contributed by atoms with Crippen molar-refractivity contribution in [3.63, 3.8) is 0 Å². The zero-order chi connectivity index (χ0) is 20.1. The number of hydrogen-bond donors (Lipinski definition) is 1. The molecule has 4 nitrogen and oxygen atoms in total. The van der Waals surface area contributed by atoms with Crippen molar-refractivity contribution in [2.75, 3.05) is 19.6 Å². The number of halogens is 2. The van der Waals surface area contributed by atoms with Gasteiger partial charge in [0.2, 0.25) is 5.91 Å². The number of unbranched alkanes of at least 4 members (excludes halogenated alkanes) is 1. The summed E-state index contributed by atoms with van der Waals surface area (Å²) >= 11 is 0. The summed E-state index contributed by atoms with van der Waals surface area (Å²) in [7, 11) is 0. The largest absolute Gasteiger partial charge is 0.356 e. The van der Waals surface area contributed by atoms with E-state index in [1.165, 1.54) is 35.2 Å². The topological polar surface area (TPSA) is 49.4 Å². The van der Waals surface area contributed by atoms with Crippen molar-refractivity contribution in [2.24, 2.45) is 5.92 Å². The van der Waals surface area contributed by atoms with E-state index in [-0.39, 0.29) is 36.3 Å². The summed E-state index contributed by atoms with van der Waals surface area (Å²) in [6.45, 7) is 3.00. The van der Waals surface area contributed by atoms with Gasteiger partial charge in [0.1, 0.15) is 11.6 Å². The molecule has 1 heterocycles. The molecule has 2 amide bonds. The van der Waals surface area contributed by atoms with Gasteiger partial charge in [-0.05, 0) is 36.2 Å². The third-order valence-electron chi connectivity index (χ3n) is 5.15. The Balaban J connectivity index is 1.84. The van der Waals surface area contributed by atoms with Crippen molar-refractivity contribution < 1.29 is 18.4 Å². The average molecular weight is 386 g/mol. The third-order valence-corrected chi connectivity index (χ3v) is 5.15. The molecule has 0 spiro atoms. The maximum absolute atomic E-state index is 14.1. The third kappa shape index (κ3) is 4.38. The van der Waals surface area contributed by atoms with Gasteiger partial charge in [-0.2, -0.15) is 0 Å². The first-order valence-electron chi connectivity index (χ1n) is 9.58. The molecule has 3 rings (SSSR count). The molecular weight excluding hydrogens is 362 g/mol. The summed E-state index contributed by atoms with van der Waals surface area (Å²) in [5, 5.41) is 2.91. The second kappa shape index (κ2) is 8.95. The van der Waals surface area contributed by atoms with Crippen LogP contribution in [0.4, 0.5) is 8.78 Å². The Labute approximate surface area is 163 Å². The van der Waals surface area contributed by atoms with Crippen LogP contribution in [0.25, 0.3) is 0 Å². The van der Waals surface area contributed by atoms with E-state index in [1.807, 2.05) is 6.92 Å². The fraction of sp³-hybridized carbons (Fsp3) is 0.364. The average Bonchev–Trinajstić information content (AvgIpc) is 3.13. The predicted octanol–water partition coefficient (Wildman–Crippen LogP) is 3.74. The van der Waals surface area contributed by atoms with Crippen molar-refractivity contribution in [1.29, 1.82) is 0 Å². The van der Waals surface area contributed by atoms with Crippen LogP contribution < -0.4 is 5.32 Å². The van der Waals surface area contributed by atoms with E-state index >= 15 is 0 Å². The fourth-order valence-corrected chi connectivity index (χ4v) is 3.63. The second-order valence-electron chi connectivity index (χ2n) is 7.10. The van der Waals surface area contributed by atoms with Gasteiger partial charge in [0.15, 0.2) is 0 Å². The summed E-state index contributed by atoms with van der Waals surface area (Å²) in [6, 6.07) is 11.9. The minimum atomic E-state index is -0.592. The highest BCUT2D eigenvalue weighted by atomic mass is 19.1. The van der Waals surface area contributed by atoms with Crippen molar-refractivity contribution in [1.82, 2.24) is 10.2 Å². The lowest BCUT2D eigenvalue weighted by molar-refractivity contribution is -0.124. The second-order valence-corrected chi connectivity index (χ2v) is 7.10. The first-order valence-corrected chi connectivity index (χ1v) is 9.58. The number of benzene rings is 2. The Hall–Kier alpha value is -2.76. The van der Waals surface area contributed by atoms with E-state index in [0.717, 1.165) is 12.8 Å². The quantitative estimate of drug-likeness (QED) is 0.769. The maximum Gasteiger partial charge on any atom is 0.256 e. The molecule has 0 aliphatic carbocycles. The first-order chi connectivity index (χ1) is 13.5. The van der Waals surface area contributed by atoms with E-state index in [4.69, 9.17) is 0 Å². The monoisotopic (exact) mass is 386 g/mol. The summed E-state index contributed by atoms with van der Waals surface area (Å²) in [5.41, 5.74) is 0.645. The van der Waals surface area contributed by atoms with Crippen LogP contribution in [-0.4, -0.2) is 36.3 Å². The number of carbonyl (C=O) groups excluding carboxylic acids is 2. The molecule has 0 bridgehead atoms. The molecule has 2 atom stereocenters. The fourth-order valence-electron chi connectivity index (χ4n) is 3.63. The maximum atomic E-state index is 14.1. The molecule has 0 saturated carbocycles. The molecular formula is C22H24F2N2O2. The highest BCUT2D eigenvalue weighted by Crippen LogP contribution is 2.34. The summed E-state index contributed by atoms with van der Waals surface area (Å²) in [6.07, 6.45) is 1.82. The Morgan fingerprint density at radius 3 is 2.61 bits per heavy atom. The summed E-state index contributed by atoms with van der Waals surface area (Å²) in [4.78, 5) is 27.0. The number of rotatable bonds is 6. The lowest BCUT2D eigenvalue weighted by atomic mass is 9.88. The first kappa shape index (κ1) is 20.0. The van der Waals surface area contributed by atoms with Gasteiger partial charge < -0.3 is 10.2 Å². The van der Waals surface area contributed by atoms with Crippen LogP contribution in [0.2, 0.25) is 0 Å². The van der Waals surface area contributed by atoms with Gasteiger partial charge in [0.25, 0.3) is 5.91 Å². The van der Waals surface area contributed by atoms with Gasteiger partial charge in [-0.1, -0.05) is 37.6 Å². The van der Waals surface area contributed by atoms with Crippen LogP contribution in [0.15, 0.2) is 48.5 Å². The minimum Gasteiger partial charge on any atom is -0.356 e. The Bertz CT molecular complexity index is 856. The standard InChI is InChI=1S/C22H24F2N2O2/c1-2-3-11-25-21(27)19-14-26(22(28)17-9-4-5-10-20(17)24)13-18(19)15-7-6-8-16(23)12-15/h4-10,12,18-19H,2-3,11,13-14H2,1H3,(H,25,27)/t18-,19-/m0/s1. The van der Waals surface area contributed by atoms with Crippen molar-refractivity contribution in [3.8, 4) is 0 Å². The van der Waals surface area contributed by atoms with Crippen LogP contribution in [-0.2, 0) is 4.79 Å². The lowest BCUT2D eigenvalue weighted by Crippen LogP contribution is -2.36. The van der Waals surface area contributed by atoms with Gasteiger partial charge in [-0.15, -0.1) is 0 Å². The molecule has 0 unspecified atom stereocenters. The van der Waals surface area contributed by atoms with Gasteiger partial charge in [0.05, 0.1) is 11.5 Å². The minimum absolute atomic E-state index is 0.0208. The molecule has 28 heavy (non-hydrogen) atoms. The molecule has 1 saturated heterocycles. The van der Waals surface area contributed by atoms with E-state index in [1.54, 1.807) is 18.2 Å². The predicted molar refractivity (Wildman–Crippen MR) is 103 cm³/mol. The van der Waals surface area contributed by atoms with E-state index in [2.05, 4.69) is 5.32 Å². The van der Waals surface area contributed by atoms with Gasteiger partial charge in [-0.25, -0.2) is 8.78 Å². The lowest BCUT2D eigenvalue weighted by Gasteiger charge is -2.18. The number of nitrogens with one attached hydrogen (secondary N) is 1. The van der Waals surface area contributed by atoms with Crippen LogP contribution in [0.3, 0.4) is 0 Å². The molecule has 148 valence electrons. The molecule has 1 fully saturated rings. The van der Waals surface area contributed by atoms with Gasteiger partial charge in [0, 0.05) is 25.6 Å². The van der Waals surface area contributed by atoms with Crippen LogP contribution in [0, 0.1) is 17.6 Å². The SMILES string of the molecule is CCCCNC(=O)[C@H]1CN(C(=O)c2ccccc2F)C[C@H]1c1cccc(F)c1. The van der Waals surface area contributed by atoms with Crippen LogP contribution in [0.5, 0.6) is 0 Å². The molecule has 0 radical (unpaired) electrons. The van der Waals surface area contributed by atoms with Crippen LogP contribution in [0.1, 0.15) is 41.6 Å². The van der Waals surface area contributed by atoms with Crippen molar-refractivity contribution in [3.05, 3.63) is 71.3 Å². The highest BCUT2D eigenvalue weighted by Gasteiger charge is 2.41. The van der Waals surface area contributed by atoms with Crippen molar-refractivity contribution >= 4 is 11.8 Å². The summed E-state index contributed by atoms with van der Waals surface area (Å²) < 4.78 is 27.8.